The number of carbonyl (C=O) groups excluding carboxylic acids is 1. The molecular formula is C24H26Cl2N4OS. The number of halogens is 2. The third-order valence-electron chi connectivity index (χ3n) is 4.75. The number of hydrogen-bond donors (Lipinski definition) is 3. The van der Waals surface area contributed by atoms with Gasteiger partial charge >= 0.3 is 0 Å². The molecule has 0 fully saturated rings. The van der Waals surface area contributed by atoms with Gasteiger partial charge in [-0.05, 0) is 48.2 Å². The maximum Gasteiger partial charge on any atom is 0.235 e. The lowest BCUT2D eigenvalue weighted by Crippen LogP contribution is -2.41. The molecule has 0 spiro atoms. The number of pyridine rings is 1. The van der Waals surface area contributed by atoms with Crippen molar-refractivity contribution in [3.8, 4) is 0 Å². The Hall–Kier alpha value is -2.25. The summed E-state index contributed by atoms with van der Waals surface area (Å²) < 4.78 is 3.12. The largest absolute Gasteiger partial charge is 0.385 e. The highest BCUT2D eigenvalue weighted by atomic mass is 35.5. The number of nitrogens with one attached hydrogen (secondary N) is 3. The van der Waals surface area contributed by atoms with Gasteiger partial charge in [-0.3, -0.25) is 14.5 Å². The molecule has 3 rings (SSSR count). The third kappa shape index (κ3) is 8.71. The van der Waals surface area contributed by atoms with Gasteiger partial charge < -0.3 is 10.6 Å². The molecule has 1 aromatic heterocycles. The Balaban J connectivity index is 1.45. The molecule has 5 nitrogen and oxygen atoms in total. The average Bonchev–Trinajstić information content (AvgIpc) is 2.80. The lowest BCUT2D eigenvalue weighted by atomic mass is 10.0. The lowest BCUT2D eigenvalue weighted by Gasteiger charge is -2.20. The van der Waals surface area contributed by atoms with E-state index < -0.39 is 0 Å². The molecule has 0 aliphatic heterocycles. The SMILES string of the molecule is O=C(CNSCc1ccc(Cl)c(Cl)c1)N[C@H](CCNc1ccncc1)Cc1ccccc1. The fourth-order valence-corrected chi connectivity index (χ4v) is 4.15. The zero-order valence-electron chi connectivity index (χ0n) is 17.6. The molecule has 0 aliphatic carbocycles. The first kappa shape index (κ1) is 24.4. The Morgan fingerprint density at radius 1 is 0.969 bits per heavy atom. The Morgan fingerprint density at radius 3 is 2.50 bits per heavy atom. The van der Waals surface area contributed by atoms with Gasteiger partial charge in [0.05, 0.1) is 16.6 Å². The molecule has 0 saturated heterocycles. The molecule has 3 N–H and O–H groups in total. The summed E-state index contributed by atoms with van der Waals surface area (Å²) in [5.74, 6) is 0.657. The first-order chi connectivity index (χ1) is 15.6. The quantitative estimate of drug-likeness (QED) is 0.236. The normalized spacial score (nSPS) is 11.7. The minimum Gasteiger partial charge on any atom is -0.385 e. The highest BCUT2D eigenvalue weighted by molar-refractivity contribution is 7.96. The Kier molecular flexibility index (Phi) is 10.2. The monoisotopic (exact) mass is 488 g/mol. The van der Waals surface area contributed by atoms with E-state index in [1.165, 1.54) is 17.5 Å². The fourth-order valence-electron chi connectivity index (χ4n) is 3.14. The lowest BCUT2D eigenvalue weighted by molar-refractivity contribution is -0.120. The van der Waals surface area contributed by atoms with E-state index >= 15 is 0 Å². The van der Waals surface area contributed by atoms with Gasteiger partial charge in [-0.1, -0.05) is 71.5 Å². The van der Waals surface area contributed by atoms with E-state index in [2.05, 4.69) is 32.5 Å². The third-order valence-corrected chi connectivity index (χ3v) is 6.32. The maximum absolute atomic E-state index is 12.5. The van der Waals surface area contributed by atoms with Crippen LogP contribution in [0.3, 0.4) is 0 Å². The van der Waals surface area contributed by atoms with Crippen molar-refractivity contribution >= 4 is 46.7 Å². The van der Waals surface area contributed by atoms with Crippen LogP contribution in [0.4, 0.5) is 5.69 Å². The summed E-state index contributed by atoms with van der Waals surface area (Å²) in [6, 6.07) is 19.6. The summed E-state index contributed by atoms with van der Waals surface area (Å²) in [5.41, 5.74) is 3.26. The Bertz CT molecular complexity index is 976. The first-order valence-electron chi connectivity index (χ1n) is 10.4. The van der Waals surface area contributed by atoms with Gasteiger partial charge in [-0.15, -0.1) is 0 Å². The minimum absolute atomic E-state index is 0.0288. The second-order valence-electron chi connectivity index (χ2n) is 7.26. The number of hydrogen-bond acceptors (Lipinski definition) is 5. The summed E-state index contributed by atoms with van der Waals surface area (Å²) in [6.45, 7) is 0.982. The highest BCUT2D eigenvalue weighted by Crippen LogP contribution is 2.24. The molecule has 32 heavy (non-hydrogen) atoms. The first-order valence-corrected chi connectivity index (χ1v) is 12.1. The average molecular weight is 489 g/mol. The van der Waals surface area contributed by atoms with Crippen LogP contribution < -0.4 is 15.4 Å². The number of amides is 1. The number of anilines is 1. The number of nitrogens with zero attached hydrogens (tertiary/aromatic N) is 1. The molecule has 0 aliphatic rings. The molecule has 0 bridgehead atoms. The Morgan fingerprint density at radius 2 is 1.75 bits per heavy atom. The second-order valence-corrected chi connectivity index (χ2v) is 8.94. The standard InChI is InChI=1S/C24H26Cl2N4OS/c25-22-7-6-19(15-23(22)26)17-32-29-16-24(31)30-21(14-18-4-2-1-3-5-18)10-13-28-20-8-11-27-12-9-20/h1-9,11-12,15,21,29H,10,13-14,16-17H2,(H,27,28)(H,30,31)/t21-/m1/s1. The summed E-state index contributed by atoms with van der Waals surface area (Å²) in [5, 5.41) is 7.61. The van der Waals surface area contributed by atoms with Gasteiger partial charge in [0.15, 0.2) is 0 Å². The Labute approximate surface area is 203 Å². The molecule has 1 amide bonds. The van der Waals surface area contributed by atoms with Crippen LogP contribution in [0.25, 0.3) is 0 Å². The van der Waals surface area contributed by atoms with Crippen LogP contribution in [0, 0.1) is 0 Å². The van der Waals surface area contributed by atoms with Crippen LogP contribution >= 0.6 is 35.1 Å². The highest BCUT2D eigenvalue weighted by Gasteiger charge is 2.13. The number of aromatic nitrogens is 1. The van der Waals surface area contributed by atoms with Crippen LogP contribution in [0.15, 0.2) is 73.1 Å². The molecular weight excluding hydrogens is 463 g/mol. The van der Waals surface area contributed by atoms with Gasteiger partial charge in [0, 0.05) is 36.4 Å². The molecule has 8 heteroatoms. The van der Waals surface area contributed by atoms with Crippen LogP contribution in [0.1, 0.15) is 17.5 Å². The van der Waals surface area contributed by atoms with Gasteiger partial charge in [0.1, 0.15) is 0 Å². The summed E-state index contributed by atoms with van der Waals surface area (Å²) in [7, 11) is 0. The van der Waals surface area contributed by atoms with Crippen LogP contribution in [-0.2, 0) is 17.0 Å². The van der Waals surface area contributed by atoms with Crippen molar-refractivity contribution in [2.24, 2.45) is 0 Å². The summed E-state index contributed by atoms with van der Waals surface area (Å²) in [4.78, 5) is 16.6. The van der Waals surface area contributed by atoms with Gasteiger partial charge in [-0.2, -0.15) is 0 Å². The van der Waals surface area contributed by atoms with E-state index in [0.717, 1.165) is 30.6 Å². The molecule has 0 radical (unpaired) electrons. The van der Waals surface area contributed by atoms with Crippen molar-refractivity contribution in [3.63, 3.8) is 0 Å². The van der Waals surface area contributed by atoms with Crippen molar-refractivity contribution in [2.75, 3.05) is 18.4 Å². The van der Waals surface area contributed by atoms with E-state index in [1.807, 2.05) is 42.5 Å². The number of benzene rings is 2. The second kappa shape index (κ2) is 13.3. The molecule has 1 heterocycles. The van der Waals surface area contributed by atoms with E-state index in [9.17, 15) is 4.79 Å². The van der Waals surface area contributed by atoms with E-state index in [1.54, 1.807) is 18.5 Å². The fraction of sp³-hybridized carbons (Fsp3) is 0.250. The summed E-state index contributed by atoms with van der Waals surface area (Å²) >= 11 is 13.5. The van der Waals surface area contributed by atoms with Gasteiger partial charge in [-0.25, -0.2) is 0 Å². The van der Waals surface area contributed by atoms with Crippen LogP contribution in [0.5, 0.6) is 0 Å². The molecule has 1 atom stereocenters. The van der Waals surface area contributed by atoms with Crippen molar-refractivity contribution in [2.45, 2.75) is 24.6 Å². The van der Waals surface area contributed by atoms with Crippen LogP contribution in [0.2, 0.25) is 10.0 Å². The topological polar surface area (TPSA) is 66.1 Å². The van der Waals surface area contributed by atoms with E-state index in [4.69, 9.17) is 23.2 Å². The number of carbonyl (C=O) groups is 1. The molecule has 0 unspecified atom stereocenters. The van der Waals surface area contributed by atoms with E-state index in [-0.39, 0.29) is 18.5 Å². The summed E-state index contributed by atoms with van der Waals surface area (Å²) in [6.07, 6.45) is 5.10. The van der Waals surface area contributed by atoms with E-state index in [0.29, 0.717) is 15.8 Å². The van der Waals surface area contributed by atoms with Gasteiger partial charge in [0.2, 0.25) is 5.91 Å². The van der Waals surface area contributed by atoms with Crippen molar-refractivity contribution < 1.29 is 4.79 Å². The molecule has 168 valence electrons. The molecule has 2 aromatic carbocycles. The number of rotatable bonds is 12. The van der Waals surface area contributed by atoms with Gasteiger partial charge in [0.25, 0.3) is 0 Å². The maximum atomic E-state index is 12.5. The minimum atomic E-state index is -0.0310. The predicted octanol–water partition coefficient (Wildman–Crippen LogP) is 5.36. The smallest absolute Gasteiger partial charge is 0.235 e. The van der Waals surface area contributed by atoms with Crippen molar-refractivity contribution in [1.82, 2.24) is 15.0 Å². The zero-order valence-corrected chi connectivity index (χ0v) is 19.9. The van der Waals surface area contributed by atoms with Crippen molar-refractivity contribution in [1.29, 1.82) is 0 Å². The molecule has 0 saturated carbocycles. The zero-order chi connectivity index (χ0) is 22.6. The van der Waals surface area contributed by atoms with Crippen LogP contribution in [-0.4, -0.2) is 30.0 Å². The molecule has 3 aromatic rings. The van der Waals surface area contributed by atoms with Crippen molar-refractivity contribution in [3.05, 3.63) is 94.2 Å². The predicted molar refractivity (Wildman–Crippen MR) is 135 cm³/mol.